The van der Waals surface area contributed by atoms with Gasteiger partial charge in [-0.05, 0) is 50.8 Å². The molecule has 118 valence electrons. The van der Waals surface area contributed by atoms with Crippen LogP contribution in [0.3, 0.4) is 0 Å². The van der Waals surface area contributed by atoms with Crippen LogP contribution in [-0.2, 0) is 4.74 Å². The van der Waals surface area contributed by atoms with Crippen LogP contribution in [0.5, 0.6) is 5.75 Å². The number of hydrogen-bond acceptors (Lipinski definition) is 3. The summed E-state index contributed by atoms with van der Waals surface area (Å²) < 4.78 is 12.5. The maximum absolute atomic E-state index is 11.0. The predicted molar refractivity (Wildman–Crippen MR) is 87.8 cm³/mol. The lowest BCUT2D eigenvalue weighted by Crippen LogP contribution is -2.26. The quantitative estimate of drug-likeness (QED) is 0.883. The first-order valence-corrected chi connectivity index (χ1v) is 8.26. The van der Waals surface area contributed by atoms with Gasteiger partial charge in [0.1, 0.15) is 5.75 Å². The molecule has 0 spiro atoms. The third-order valence-corrected chi connectivity index (χ3v) is 5.72. The van der Waals surface area contributed by atoms with Crippen molar-refractivity contribution in [3.8, 4) is 5.75 Å². The first-order valence-electron chi connectivity index (χ1n) is 7.46. The van der Waals surface area contributed by atoms with E-state index in [1.165, 1.54) is 0 Å². The summed E-state index contributed by atoms with van der Waals surface area (Å²) in [7, 11) is 1.66. The van der Waals surface area contributed by atoms with Crippen molar-refractivity contribution < 1.29 is 14.6 Å². The highest BCUT2D eigenvalue weighted by molar-refractivity contribution is 9.10. The summed E-state index contributed by atoms with van der Waals surface area (Å²) in [5.41, 5.74) is 2.94. The van der Waals surface area contributed by atoms with Crippen molar-refractivity contribution in [3.63, 3.8) is 0 Å². The van der Waals surface area contributed by atoms with Gasteiger partial charge in [0.05, 0.1) is 25.4 Å². The standard InChI is InChI=1S/C17H25BrO3/c1-8-7-13(18)10(3)15(17(8)20-6)16(19)14-9(2)11(4)21-12(14)5/h7,9,11-12,14,16,19H,1-6H3. The Morgan fingerprint density at radius 1 is 1.24 bits per heavy atom. The lowest BCUT2D eigenvalue weighted by atomic mass is 9.80. The SMILES string of the molecule is COc1c(C)cc(Br)c(C)c1C(O)C1C(C)OC(C)C1C. The fraction of sp³-hybridized carbons (Fsp3) is 0.647. The lowest BCUT2D eigenvalue weighted by molar-refractivity contribution is 0.0222. The highest BCUT2D eigenvalue weighted by Crippen LogP contribution is 2.45. The van der Waals surface area contributed by atoms with Crippen molar-refractivity contribution >= 4 is 15.9 Å². The fourth-order valence-electron chi connectivity index (χ4n) is 3.53. The van der Waals surface area contributed by atoms with Crippen LogP contribution < -0.4 is 4.74 Å². The molecule has 0 saturated carbocycles. The number of hydrogen-bond donors (Lipinski definition) is 1. The second kappa shape index (κ2) is 6.27. The van der Waals surface area contributed by atoms with Crippen LogP contribution in [0, 0.1) is 25.7 Å². The lowest BCUT2D eigenvalue weighted by Gasteiger charge is -2.28. The first-order chi connectivity index (χ1) is 9.79. The minimum atomic E-state index is -0.592. The summed E-state index contributed by atoms with van der Waals surface area (Å²) >= 11 is 3.58. The molecule has 4 heteroatoms. The van der Waals surface area contributed by atoms with Crippen molar-refractivity contribution in [2.75, 3.05) is 7.11 Å². The Labute approximate surface area is 135 Å². The van der Waals surface area contributed by atoms with Crippen LogP contribution >= 0.6 is 15.9 Å². The molecule has 1 aromatic rings. The van der Waals surface area contributed by atoms with Crippen LogP contribution in [-0.4, -0.2) is 24.4 Å². The van der Waals surface area contributed by atoms with Gasteiger partial charge in [-0.1, -0.05) is 22.9 Å². The minimum Gasteiger partial charge on any atom is -0.496 e. The van der Waals surface area contributed by atoms with Gasteiger partial charge in [0, 0.05) is 16.0 Å². The molecule has 1 aliphatic heterocycles. The van der Waals surface area contributed by atoms with E-state index in [0.29, 0.717) is 5.92 Å². The summed E-state index contributed by atoms with van der Waals surface area (Å²) in [4.78, 5) is 0. The van der Waals surface area contributed by atoms with Gasteiger partial charge in [0.2, 0.25) is 0 Å². The van der Waals surface area contributed by atoms with Gasteiger partial charge in [-0.25, -0.2) is 0 Å². The van der Waals surface area contributed by atoms with Crippen molar-refractivity contribution in [3.05, 3.63) is 27.2 Å². The van der Waals surface area contributed by atoms with E-state index in [1.807, 2.05) is 26.8 Å². The van der Waals surface area contributed by atoms with Crippen molar-refractivity contribution in [2.24, 2.45) is 11.8 Å². The highest BCUT2D eigenvalue weighted by Gasteiger charge is 2.43. The number of methoxy groups -OCH3 is 1. The number of halogens is 1. The van der Waals surface area contributed by atoms with Crippen LogP contribution in [0.1, 0.15) is 43.6 Å². The number of benzene rings is 1. The van der Waals surface area contributed by atoms with Crippen LogP contribution in [0.2, 0.25) is 0 Å². The number of aryl methyl sites for hydroxylation is 1. The molecule has 2 rings (SSSR count). The van der Waals surface area contributed by atoms with E-state index in [2.05, 4.69) is 29.8 Å². The van der Waals surface area contributed by atoms with Gasteiger partial charge in [-0.2, -0.15) is 0 Å². The average molecular weight is 357 g/mol. The smallest absolute Gasteiger partial charge is 0.127 e. The molecule has 0 radical (unpaired) electrons. The molecule has 1 aromatic carbocycles. The normalized spacial score (nSPS) is 30.5. The van der Waals surface area contributed by atoms with Crippen molar-refractivity contribution in [2.45, 2.75) is 52.9 Å². The molecule has 1 saturated heterocycles. The molecule has 3 nitrogen and oxygen atoms in total. The molecule has 1 aliphatic rings. The number of aliphatic hydroxyl groups is 1. The molecule has 21 heavy (non-hydrogen) atoms. The maximum Gasteiger partial charge on any atom is 0.127 e. The van der Waals surface area contributed by atoms with Gasteiger partial charge in [0.15, 0.2) is 0 Å². The Bertz CT molecular complexity index is 529. The third kappa shape index (κ3) is 2.86. The zero-order chi connectivity index (χ0) is 15.9. The second-order valence-corrected chi connectivity index (χ2v) is 7.03. The van der Waals surface area contributed by atoms with Gasteiger partial charge >= 0.3 is 0 Å². The van der Waals surface area contributed by atoms with E-state index >= 15 is 0 Å². The van der Waals surface area contributed by atoms with Crippen molar-refractivity contribution in [1.82, 2.24) is 0 Å². The monoisotopic (exact) mass is 356 g/mol. The van der Waals surface area contributed by atoms with E-state index in [1.54, 1.807) is 7.11 Å². The van der Waals surface area contributed by atoms with Crippen LogP contribution in [0.4, 0.5) is 0 Å². The van der Waals surface area contributed by atoms with E-state index in [9.17, 15) is 5.11 Å². The first kappa shape index (κ1) is 16.8. The van der Waals surface area contributed by atoms with Gasteiger partial charge in [0.25, 0.3) is 0 Å². The third-order valence-electron chi connectivity index (χ3n) is 4.89. The summed E-state index contributed by atoms with van der Waals surface area (Å²) in [5, 5.41) is 11.0. The average Bonchev–Trinajstić information content (AvgIpc) is 2.66. The highest BCUT2D eigenvalue weighted by atomic mass is 79.9. The summed E-state index contributed by atoms with van der Waals surface area (Å²) in [6.07, 6.45) is -0.390. The zero-order valence-corrected chi connectivity index (χ0v) is 15.2. The van der Waals surface area contributed by atoms with Gasteiger partial charge in [-0.3, -0.25) is 0 Å². The molecule has 1 heterocycles. The summed E-state index contributed by atoms with van der Waals surface area (Å²) in [5.74, 6) is 1.15. The topological polar surface area (TPSA) is 38.7 Å². The molecule has 5 atom stereocenters. The Morgan fingerprint density at radius 3 is 2.33 bits per heavy atom. The number of aliphatic hydroxyl groups excluding tert-OH is 1. The van der Waals surface area contributed by atoms with E-state index in [0.717, 1.165) is 26.9 Å². The molecular formula is C17H25BrO3. The number of rotatable bonds is 3. The Balaban J connectivity index is 2.50. The molecule has 1 N–H and O–H groups in total. The molecular weight excluding hydrogens is 332 g/mol. The molecule has 5 unspecified atom stereocenters. The zero-order valence-electron chi connectivity index (χ0n) is 13.6. The van der Waals surface area contributed by atoms with Crippen LogP contribution in [0.15, 0.2) is 10.5 Å². The second-order valence-electron chi connectivity index (χ2n) is 6.17. The Morgan fingerprint density at radius 2 is 1.86 bits per heavy atom. The molecule has 0 amide bonds. The molecule has 0 bridgehead atoms. The Hall–Kier alpha value is -0.580. The summed E-state index contributed by atoms with van der Waals surface area (Å²) in [6.45, 7) is 10.3. The maximum atomic E-state index is 11.0. The summed E-state index contributed by atoms with van der Waals surface area (Å²) in [6, 6.07) is 2.03. The van der Waals surface area contributed by atoms with Gasteiger partial charge in [-0.15, -0.1) is 0 Å². The van der Waals surface area contributed by atoms with Gasteiger partial charge < -0.3 is 14.6 Å². The molecule has 1 fully saturated rings. The van der Waals surface area contributed by atoms with Crippen LogP contribution in [0.25, 0.3) is 0 Å². The molecule has 0 aromatic heterocycles. The minimum absolute atomic E-state index is 0.0355. The fourth-order valence-corrected chi connectivity index (χ4v) is 4.09. The van der Waals surface area contributed by atoms with E-state index in [-0.39, 0.29) is 18.1 Å². The predicted octanol–water partition coefficient (Wildman–Crippen LogP) is 4.17. The molecule has 0 aliphatic carbocycles. The van der Waals surface area contributed by atoms with Crippen molar-refractivity contribution in [1.29, 1.82) is 0 Å². The Kier molecular flexibility index (Phi) is 5.01. The largest absolute Gasteiger partial charge is 0.496 e. The number of ether oxygens (including phenoxy) is 2. The van der Waals surface area contributed by atoms with E-state index < -0.39 is 6.10 Å². The van der Waals surface area contributed by atoms with E-state index in [4.69, 9.17) is 9.47 Å².